The molecule has 1 aromatic heterocycles. The molecule has 0 saturated carbocycles. The summed E-state index contributed by atoms with van der Waals surface area (Å²) in [6.07, 6.45) is 2.68. The minimum atomic E-state index is 0.710. The lowest BCUT2D eigenvalue weighted by molar-refractivity contribution is 0.322. The molecule has 1 N–H and O–H groups in total. The van der Waals surface area contributed by atoms with E-state index in [-0.39, 0.29) is 0 Å². The number of allylic oxidation sites excluding steroid dienone is 1. The van der Waals surface area contributed by atoms with Crippen LogP contribution in [0.2, 0.25) is 0 Å². The number of fused-ring (bicyclic) bond motifs is 1. The van der Waals surface area contributed by atoms with Crippen LogP contribution >= 0.6 is 0 Å². The Labute approximate surface area is 125 Å². The summed E-state index contributed by atoms with van der Waals surface area (Å²) in [7, 11) is 0. The molecule has 0 spiro atoms. The summed E-state index contributed by atoms with van der Waals surface area (Å²) in [6.45, 7) is 11.7. The second kappa shape index (κ2) is 5.74. The Morgan fingerprint density at radius 1 is 1.33 bits per heavy atom. The van der Waals surface area contributed by atoms with E-state index in [0.29, 0.717) is 5.56 Å². The highest BCUT2D eigenvalue weighted by atomic mass is 15.3. The van der Waals surface area contributed by atoms with Crippen molar-refractivity contribution < 1.29 is 0 Å². The maximum Gasteiger partial charge on any atom is 0.132 e. The number of pyridine rings is 1. The van der Waals surface area contributed by atoms with Crippen molar-refractivity contribution in [2.75, 3.05) is 37.6 Å². The molecule has 110 valence electrons. The molecule has 2 aliphatic rings. The molecule has 5 nitrogen and oxygen atoms in total. The second-order valence-corrected chi connectivity index (χ2v) is 5.70. The molecular weight excluding hydrogens is 262 g/mol. The number of aromatic nitrogens is 1. The van der Waals surface area contributed by atoms with Crippen molar-refractivity contribution in [2.45, 2.75) is 19.9 Å². The zero-order chi connectivity index (χ0) is 14.8. The summed E-state index contributed by atoms with van der Waals surface area (Å²) in [6, 6.07) is 2.27. The van der Waals surface area contributed by atoms with Crippen LogP contribution in [0.15, 0.2) is 18.5 Å². The fourth-order valence-electron chi connectivity index (χ4n) is 3.14. The molecule has 0 amide bonds. The Morgan fingerprint density at radius 3 is 2.76 bits per heavy atom. The van der Waals surface area contributed by atoms with Gasteiger partial charge in [-0.2, -0.15) is 5.26 Å². The lowest BCUT2D eigenvalue weighted by atomic mass is 9.97. The molecule has 2 aliphatic heterocycles. The number of hydrogen-bond donors (Lipinski definition) is 1. The fraction of sp³-hybridized carbons (Fsp3) is 0.500. The Balaban J connectivity index is 1.87. The van der Waals surface area contributed by atoms with Gasteiger partial charge in [-0.25, -0.2) is 4.98 Å². The van der Waals surface area contributed by atoms with E-state index in [1.165, 1.54) is 5.56 Å². The van der Waals surface area contributed by atoms with Gasteiger partial charge in [0, 0.05) is 50.2 Å². The Kier molecular flexibility index (Phi) is 3.80. The van der Waals surface area contributed by atoms with E-state index < -0.39 is 0 Å². The molecule has 0 unspecified atom stereocenters. The molecule has 0 aromatic carbocycles. The van der Waals surface area contributed by atoms with Crippen LogP contribution in [0.3, 0.4) is 0 Å². The quantitative estimate of drug-likeness (QED) is 0.885. The highest BCUT2D eigenvalue weighted by Crippen LogP contribution is 2.27. The molecule has 1 fully saturated rings. The van der Waals surface area contributed by atoms with Crippen LogP contribution in [0.5, 0.6) is 0 Å². The summed E-state index contributed by atoms with van der Waals surface area (Å²) < 4.78 is 0. The monoisotopic (exact) mass is 283 g/mol. The van der Waals surface area contributed by atoms with Gasteiger partial charge < -0.3 is 15.1 Å². The van der Waals surface area contributed by atoms with Crippen LogP contribution in [0, 0.1) is 11.3 Å². The molecule has 3 rings (SSSR count). The average molecular weight is 283 g/mol. The number of nitrogens with one attached hydrogen (secondary N) is 1. The normalized spacial score (nSPS) is 18.1. The van der Waals surface area contributed by atoms with Crippen molar-refractivity contribution in [3.8, 4) is 6.07 Å². The van der Waals surface area contributed by atoms with Gasteiger partial charge >= 0.3 is 0 Å². The van der Waals surface area contributed by atoms with Crippen molar-refractivity contribution in [3.63, 3.8) is 0 Å². The van der Waals surface area contributed by atoms with E-state index >= 15 is 0 Å². The van der Waals surface area contributed by atoms with E-state index in [4.69, 9.17) is 0 Å². The topological polar surface area (TPSA) is 55.2 Å². The van der Waals surface area contributed by atoms with Crippen molar-refractivity contribution in [1.29, 1.82) is 5.26 Å². The molecule has 5 heteroatoms. The first-order valence-electron chi connectivity index (χ1n) is 7.47. The predicted molar refractivity (Wildman–Crippen MR) is 83.0 cm³/mol. The van der Waals surface area contributed by atoms with Crippen LogP contribution in [0.25, 0.3) is 0 Å². The first-order chi connectivity index (χ1) is 10.2. The van der Waals surface area contributed by atoms with E-state index in [0.717, 1.165) is 62.8 Å². The SMILES string of the molecule is C=C(C)N1CCN(c2ncc(C#N)c3c2CCNC3)CC1. The van der Waals surface area contributed by atoms with Gasteiger partial charge in [0.15, 0.2) is 0 Å². The largest absolute Gasteiger partial charge is 0.372 e. The highest BCUT2D eigenvalue weighted by Gasteiger charge is 2.24. The van der Waals surface area contributed by atoms with Gasteiger partial charge in [0.05, 0.1) is 5.56 Å². The molecule has 3 heterocycles. The lowest BCUT2D eigenvalue weighted by Gasteiger charge is -2.38. The number of anilines is 1. The Bertz CT molecular complexity index is 593. The summed E-state index contributed by atoms with van der Waals surface area (Å²) in [5.41, 5.74) is 4.24. The highest BCUT2D eigenvalue weighted by molar-refractivity contribution is 5.57. The number of nitriles is 1. The maximum atomic E-state index is 9.24. The van der Waals surface area contributed by atoms with Gasteiger partial charge in [-0.3, -0.25) is 0 Å². The first-order valence-corrected chi connectivity index (χ1v) is 7.47. The Morgan fingerprint density at radius 2 is 2.10 bits per heavy atom. The second-order valence-electron chi connectivity index (χ2n) is 5.70. The summed E-state index contributed by atoms with van der Waals surface area (Å²) in [5.74, 6) is 1.08. The standard InChI is InChI=1S/C16H21N5/c1-12(2)20-5-7-21(8-6-20)16-14-3-4-18-11-15(14)13(9-17)10-19-16/h10,18H,1,3-8,11H2,2H3. The molecule has 0 radical (unpaired) electrons. The van der Waals surface area contributed by atoms with Crippen LogP contribution in [0.1, 0.15) is 23.6 Å². The van der Waals surface area contributed by atoms with Gasteiger partial charge in [0.2, 0.25) is 0 Å². The van der Waals surface area contributed by atoms with Gasteiger partial charge in [-0.05, 0) is 25.5 Å². The molecule has 0 bridgehead atoms. The first kappa shape index (κ1) is 13.9. The zero-order valence-corrected chi connectivity index (χ0v) is 12.5. The van der Waals surface area contributed by atoms with Gasteiger partial charge in [0.1, 0.15) is 11.9 Å². The third-order valence-corrected chi connectivity index (χ3v) is 4.37. The molecule has 1 aromatic rings. The average Bonchev–Trinajstić information content (AvgIpc) is 2.54. The van der Waals surface area contributed by atoms with E-state index in [2.05, 4.69) is 39.7 Å². The Hall–Kier alpha value is -2.06. The van der Waals surface area contributed by atoms with Gasteiger partial charge in [-0.15, -0.1) is 0 Å². The number of nitrogens with zero attached hydrogens (tertiary/aromatic N) is 4. The number of hydrogen-bond acceptors (Lipinski definition) is 5. The number of rotatable bonds is 2. The van der Waals surface area contributed by atoms with Crippen LogP contribution in [-0.2, 0) is 13.0 Å². The van der Waals surface area contributed by atoms with Crippen molar-refractivity contribution in [2.24, 2.45) is 0 Å². The van der Waals surface area contributed by atoms with E-state index in [1.54, 1.807) is 6.20 Å². The minimum Gasteiger partial charge on any atom is -0.372 e. The van der Waals surface area contributed by atoms with Crippen molar-refractivity contribution in [1.82, 2.24) is 15.2 Å². The molecule has 0 atom stereocenters. The molecule has 1 saturated heterocycles. The fourth-order valence-corrected chi connectivity index (χ4v) is 3.14. The third kappa shape index (κ3) is 2.59. The lowest BCUT2D eigenvalue weighted by Crippen LogP contribution is -2.46. The number of piperazine rings is 1. The summed E-state index contributed by atoms with van der Waals surface area (Å²) in [4.78, 5) is 9.26. The maximum absolute atomic E-state index is 9.24. The van der Waals surface area contributed by atoms with Crippen molar-refractivity contribution >= 4 is 5.82 Å². The summed E-state index contributed by atoms with van der Waals surface area (Å²) >= 11 is 0. The van der Waals surface area contributed by atoms with Crippen LogP contribution in [-0.4, -0.2) is 42.6 Å². The van der Waals surface area contributed by atoms with E-state index in [9.17, 15) is 5.26 Å². The zero-order valence-electron chi connectivity index (χ0n) is 12.5. The van der Waals surface area contributed by atoms with Crippen LogP contribution in [0.4, 0.5) is 5.82 Å². The van der Waals surface area contributed by atoms with Gasteiger partial charge in [0.25, 0.3) is 0 Å². The summed E-state index contributed by atoms with van der Waals surface area (Å²) in [5, 5.41) is 12.6. The third-order valence-electron chi connectivity index (χ3n) is 4.37. The smallest absolute Gasteiger partial charge is 0.132 e. The molecular formula is C16H21N5. The minimum absolute atomic E-state index is 0.710. The molecule has 21 heavy (non-hydrogen) atoms. The van der Waals surface area contributed by atoms with Gasteiger partial charge in [-0.1, -0.05) is 6.58 Å². The molecule has 0 aliphatic carbocycles. The van der Waals surface area contributed by atoms with Crippen molar-refractivity contribution in [3.05, 3.63) is 35.2 Å². The van der Waals surface area contributed by atoms with E-state index in [1.807, 2.05) is 0 Å². The predicted octanol–water partition coefficient (Wildman–Crippen LogP) is 1.25. The van der Waals surface area contributed by atoms with Crippen LogP contribution < -0.4 is 10.2 Å².